The van der Waals surface area contributed by atoms with Crippen molar-refractivity contribution >= 4 is 28.5 Å². The molecular formula is C16H18N2O3S. The second-order valence-corrected chi connectivity index (χ2v) is 5.76. The van der Waals surface area contributed by atoms with Crippen molar-refractivity contribution < 1.29 is 14.3 Å². The third-order valence-electron chi connectivity index (χ3n) is 2.77. The van der Waals surface area contributed by atoms with Gasteiger partial charge < -0.3 is 9.47 Å². The molecule has 0 unspecified atom stereocenters. The lowest BCUT2D eigenvalue weighted by molar-refractivity contribution is -0.118. The van der Waals surface area contributed by atoms with Crippen LogP contribution >= 0.6 is 11.3 Å². The molecule has 0 aliphatic heterocycles. The number of hydrogen-bond acceptors (Lipinski definition) is 5. The van der Waals surface area contributed by atoms with Crippen LogP contribution in [0.1, 0.15) is 17.4 Å². The number of carbonyl (C=O) groups is 1. The minimum absolute atomic E-state index is 0.0993. The lowest BCUT2D eigenvalue weighted by Gasteiger charge is -2.11. The number of amides is 1. The molecule has 2 aromatic rings. The molecule has 0 bridgehead atoms. The van der Waals surface area contributed by atoms with Crippen LogP contribution in [0.5, 0.6) is 11.5 Å². The zero-order valence-corrected chi connectivity index (χ0v) is 13.6. The Hall–Kier alpha value is -2.34. The maximum absolute atomic E-state index is 11.8. The van der Waals surface area contributed by atoms with Crippen molar-refractivity contribution in [2.24, 2.45) is 0 Å². The van der Waals surface area contributed by atoms with Crippen molar-refractivity contribution in [3.63, 3.8) is 0 Å². The van der Waals surface area contributed by atoms with Crippen molar-refractivity contribution in [2.45, 2.75) is 13.8 Å². The van der Waals surface area contributed by atoms with E-state index in [4.69, 9.17) is 9.47 Å². The first kappa shape index (κ1) is 16.0. The van der Waals surface area contributed by atoms with E-state index in [9.17, 15) is 4.79 Å². The molecule has 0 saturated heterocycles. The van der Waals surface area contributed by atoms with E-state index < -0.39 is 0 Å². The van der Waals surface area contributed by atoms with Crippen molar-refractivity contribution in [2.75, 3.05) is 19.0 Å². The lowest BCUT2D eigenvalue weighted by Crippen LogP contribution is -2.20. The highest BCUT2D eigenvalue weighted by Gasteiger charge is 2.09. The first-order valence-corrected chi connectivity index (χ1v) is 7.60. The fourth-order valence-electron chi connectivity index (χ4n) is 1.81. The number of methoxy groups -OCH3 is 1. The Labute approximate surface area is 133 Å². The molecule has 0 spiro atoms. The Bertz CT molecular complexity index is 680. The number of ether oxygens (including phenoxy) is 2. The van der Waals surface area contributed by atoms with Crippen LogP contribution in [-0.4, -0.2) is 24.6 Å². The van der Waals surface area contributed by atoms with Gasteiger partial charge >= 0.3 is 0 Å². The number of allylic oxidation sites excluding steroid dienone is 1. The molecule has 0 aliphatic rings. The number of thiazole rings is 1. The summed E-state index contributed by atoms with van der Waals surface area (Å²) >= 11 is 1.42. The van der Waals surface area contributed by atoms with Crippen LogP contribution in [0, 0.1) is 6.92 Å². The summed E-state index contributed by atoms with van der Waals surface area (Å²) in [6.45, 7) is 3.78. The normalized spacial score (nSPS) is 10.7. The van der Waals surface area contributed by atoms with E-state index in [1.165, 1.54) is 11.3 Å². The van der Waals surface area contributed by atoms with Crippen LogP contribution in [0.3, 0.4) is 0 Å². The minimum atomic E-state index is -0.256. The zero-order valence-electron chi connectivity index (χ0n) is 12.8. The predicted octanol–water partition coefficient (Wildman–Crippen LogP) is 3.51. The van der Waals surface area contributed by atoms with Crippen molar-refractivity contribution in [1.82, 2.24) is 4.98 Å². The fourth-order valence-corrected chi connectivity index (χ4v) is 2.49. The molecule has 0 fully saturated rings. The zero-order chi connectivity index (χ0) is 15.9. The maximum atomic E-state index is 11.8. The van der Waals surface area contributed by atoms with Crippen LogP contribution in [0.4, 0.5) is 5.13 Å². The number of nitrogens with one attached hydrogen (secondary N) is 1. The van der Waals surface area contributed by atoms with E-state index >= 15 is 0 Å². The molecule has 0 atom stereocenters. The molecular weight excluding hydrogens is 300 g/mol. The third-order valence-corrected chi connectivity index (χ3v) is 3.60. The summed E-state index contributed by atoms with van der Waals surface area (Å²) in [7, 11) is 1.57. The summed E-state index contributed by atoms with van der Waals surface area (Å²) < 4.78 is 10.8. The van der Waals surface area contributed by atoms with Gasteiger partial charge in [0.1, 0.15) is 0 Å². The van der Waals surface area contributed by atoms with Gasteiger partial charge in [0.25, 0.3) is 5.91 Å². The summed E-state index contributed by atoms with van der Waals surface area (Å²) in [5.74, 6) is 0.864. The van der Waals surface area contributed by atoms with E-state index in [2.05, 4.69) is 10.3 Å². The molecule has 1 aromatic heterocycles. The summed E-state index contributed by atoms with van der Waals surface area (Å²) in [6, 6.07) is 5.55. The summed E-state index contributed by atoms with van der Waals surface area (Å²) in [5.41, 5.74) is 1.01. The highest BCUT2D eigenvalue weighted by Crippen LogP contribution is 2.28. The highest BCUT2D eigenvalue weighted by atomic mass is 32.1. The smallest absolute Gasteiger partial charge is 0.264 e. The van der Waals surface area contributed by atoms with E-state index in [0.29, 0.717) is 16.6 Å². The second-order valence-electron chi connectivity index (χ2n) is 4.52. The molecule has 0 saturated carbocycles. The van der Waals surface area contributed by atoms with Crippen molar-refractivity contribution in [1.29, 1.82) is 0 Å². The molecule has 0 radical (unpaired) electrons. The first-order chi connectivity index (χ1) is 10.6. The van der Waals surface area contributed by atoms with Crippen molar-refractivity contribution in [3.8, 4) is 11.5 Å². The van der Waals surface area contributed by atoms with E-state index in [1.807, 2.05) is 38.1 Å². The molecule has 116 valence electrons. The molecule has 1 aromatic carbocycles. The number of hydrogen-bond donors (Lipinski definition) is 1. The Balaban J connectivity index is 1.97. The highest BCUT2D eigenvalue weighted by molar-refractivity contribution is 7.15. The molecule has 1 amide bonds. The van der Waals surface area contributed by atoms with E-state index in [1.54, 1.807) is 19.4 Å². The van der Waals surface area contributed by atoms with E-state index in [0.717, 1.165) is 10.4 Å². The van der Waals surface area contributed by atoms with Crippen LogP contribution < -0.4 is 14.8 Å². The van der Waals surface area contributed by atoms with Gasteiger partial charge in [-0.05, 0) is 31.5 Å². The summed E-state index contributed by atoms with van der Waals surface area (Å²) in [4.78, 5) is 17.0. The number of anilines is 1. The average Bonchev–Trinajstić information content (AvgIpc) is 2.91. The van der Waals surface area contributed by atoms with Gasteiger partial charge in [-0.15, -0.1) is 11.3 Å². The Morgan fingerprint density at radius 3 is 2.86 bits per heavy atom. The number of aryl methyl sites for hydroxylation is 1. The van der Waals surface area contributed by atoms with Gasteiger partial charge in [0.05, 0.1) is 7.11 Å². The standard InChI is InChI=1S/C16H18N2O3S/c1-4-5-12-6-7-13(14(8-12)20-3)21-10-15(19)18-16-17-9-11(2)22-16/h4-9H,10H2,1-3H3,(H,17,18,19). The molecule has 22 heavy (non-hydrogen) atoms. The van der Waals surface area contributed by atoms with Crippen molar-refractivity contribution in [3.05, 3.63) is 40.9 Å². The SMILES string of the molecule is CC=Cc1ccc(OCC(=O)Nc2ncc(C)s2)c(OC)c1. The van der Waals surface area contributed by atoms with E-state index in [-0.39, 0.29) is 12.5 Å². The maximum Gasteiger partial charge on any atom is 0.264 e. The summed E-state index contributed by atoms with van der Waals surface area (Å²) in [6.07, 6.45) is 5.62. The second kappa shape index (κ2) is 7.61. The number of rotatable bonds is 6. The van der Waals surface area contributed by atoms with Crippen LogP contribution in [0.2, 0.25) is 0 Å². The van der Waals surface area contributed by atoms with Gasteiger partial charge in [0, 0.05) is 11.1 Å². The van der Waals surface area contributed by atoms with Gasteiger partial charge in [0.15, 0.2) is 23.2 Å². The van der Waals surface area contributed by atoms with Crippen LogP contribution in [0.15, 0.2) is 30.5 Å². The van der Waals surface area contributed by atoms with Gasteiger partial charge in [-0.25, -0.2) is 4.98 Å². The van der Waals surface area contributed by atoms with Gasteiger partial charge in [-0.1, -0.05) is 18.2 Å². The number of nitrogens with zero attached hydrogens (tertiary/aromatic N) is 1. The molecule has 1 heterocycles. The average molecular weight is 318 g/mol. The Morgan fingerprint density at radius 2 is 2.23 bits per heavy atom. The molecule has 1 N–H and O–H groups in total. The Morgan fingerprint density at radius 1 is 1.41 bits per heavy atom. The lowest BCUT2D eigenvalue weighted by atomic mass is 10.2. The number of carbonyl (C=O) groups excluding carboxylic acids is 1. The van der Waals surface area contributed by atoms with Crippen LogP contribution in [-0.2, 0) is 4.79 Å². The van der Waals surface area contributed by atoms with Gasteiger partial charge in [0.2, 0.25) is 0 Å². The summed E-state index contributed by atoms with van der Waals surface area (Å²) in [5, 5.41) is 3.26. The quantitative estimate of drug-likeness (QED) is 0.885. The molecule has 2 rings (SSSR count). The van der Waals surface area contributed by atoms with Gasteiger partial charge in [-0.3, -0.25) is 10.1 Å². The number of aromatic nitrogens is 1. The molecule has 6 heteroatoms. The number of benzene rings is 1. The van der Waals surface area contributed by atoms with Crippen LogP contribution in [0.25, 0.3) is 6.08 Å². The monoisotopic (exact) mass is 318 g/mol. The first-order valence-electron chi connectivity index (χ1n) is 6.78. The fraction of sp³-hybridized carbons (Fsp3) is 0.250. The molecule has 0 aliphatic carbocycles. The topological polar surface area (TPSA) is 60.5 Å². The predicted molar refractivity (Wildman–Crippen MR) is 88.7 cm³/mol. The van der Waals surface area contributed by atoms with Gasteiger partial charge in [-0.2, -0.15) is 0 Å². The third kappa shape index (κ3) is 4.33. The Kier molecular flexibility index (Phi) is 5.55. The largest absolute Gasteiger partial charge is 0.493 e. The molecule has 5 nitrogen and oxygen atoms in total. The minimum Gasteiger partial charge on any atom is -0.493 e.